The van der Waals surface area contributed by atoms with Crippen LogP contribution in [0.2, 0.25) is 0 Å². The van der Waals surface area contributed by atoms with E-state index in [4.69, 9.17) is 18.5 Å². The Morgan fingerprint density at radius 2 is 0.921 bits per heavy atom. The van der Waals surface area contributed by atoms with Crippen LogP contribution in [0.3, 0.4) is 0 Å². The maximum Gasteiger partial charge on any atom is 0.306 e. The largest absolute Gasteiger partial charge is 0.756 e. The van der Waals surface area contributed by atoms with Crippen LogP contribution in [-0.4, -0.2) is 70.7 Å². The Balaban J connectivity index is 4.22. The maximum atomic E-state index is 12.7. The maximum absolute atomic E-state index is 12.7. The fourth-order valence-electron chi connectivity index (χ4n) is 6.54. The van der Waals surface area contributed by atoms with Gasteiger partial charge in [-0.25, -0.2) is 0 Å². The van der Waals surface area contributed by atoms with E-state index in [1.807, 2.05) is 21.1 Å². The molecule has 0 amide bonds. The Morgan fingerprint density at radius 3 is 1.38 bits per heavy atom. The topological polar surface area (TPSA) is 94.1 Å². The molecule has 0 saturated carbocycles. The third-order valence-corrected chi connectivity index (χ3v) is 11.4. The highest BCUT2D eigenvalue weighted by Crippen LogP contribution is 2.38. The second-order valence-electron chi connectivity index (χ2n) is 17.8. The van der Waals surface area contributed by atoms with E-state index >= 15 is 0 Å². The van der Waals surface area contributed by atoms with Crippen molar-refractivity contribution in [2.45, 2.75) is 200 Å². The van der Waals surface area contributed by atoms with E-state index in [0.717, 1.165) is 89.9 Å². The Morgan fingerprint density at radius 1 is 0.508 bits per heavy atom. The van der Waals surface area contributed by atoms with Crippen LogP contribution in [0.15, 0.2) is 85.1 Å². The zero-order valence-corrected chi connectivity index (χ0v) is 42.1. The molecule has 0 saturated heterocycles. The van der Waals surface area contributed by atoms with Gasteiger partial charge in [0.1, 0.15) is 19.3 Å². The molecule has 0 N–H and O–H groups in total. The molecule has 0 fully saturated rings. The van der Waals surface area contributed by atoms with Crippen molar-refractivity contribution in [3.8, 4) is 0 Å². The number of phosphoric acid groups is 1. The van der Waals surface area contributed by atoms with Gasteiger partial charge >= 0.3 is 5.97 Å². The first kappa shape index (κ1) is 60.7. The third-order valence-electron chi connectivity index (χ3n) is 10.4. The fourth-order valence-corrected chi connectivity index (χ4v) is 7.27. The molecule has 0 rings (SSSR count). The van der Waals surface area contributed by atoms with Gasteiger partial charge in [-0.2, -0.15) is 0 Å². The summed E-state index contributed by atoms with van der Waals surface area (Å²) in [7, 11) is 1.33. The number of rotatable bonds is 46. The second-order valence-corrected chi connectivity index (χ2v) is 19.2. The number of allylic oxidation sites excluding steroid dienone is 14. The number of quaternary nitrogens is 1. The summed E-state index contributed by atoms with van der Waals surface area (Å²) >= 11 is 0. The van der Waals surface area contributed by atoms with E-state index in [1.54, 1.807) is 0 Å². The van der Waals surface area contributed by atoms with Gasteiger partial charge < -0.3 is 27.9 Å². The summed E-state index contributed by atoms with van der Waals surface area (Å²) in [4.78, 5) is 25.2. The zero-order chi connectivity index (χ0) is 46.2. The van der Waals surface area contributed by atoms with Crippen molar-refractivity contribution in [2.24, 2.45) is 0 Å². The SMILES string of the molecule is CC/C=C\C/C=C\C/C=C\C/C=C\C/C=C\CCCCCCCC(=O)OC(COCCCCCCCCCCCC/C=C\C/C=C\CCCCC)COP(=O)([O-])OCC[N+](C)(C)C. The van der Waals surface area contributed by atoms with Gasteiger partial charge in [0.25, 0.3) is 7.82 Å². The number of carbonyl (C=O) groups excluding carboxylic acids is 1. The smallest absolute Gasteiger partial charge is 0.306 e. The molecule has 8 nitrogen and oxygen atoms in total. The van der Waals surface area contributed by atoms with Gasteiger partial charge in [-0.3, -0.25) is 9.36 Å². The molecular weight excluding hydrogens is 806 g/mol. The first-order valence-electron chi connectivity index (χ1n) is 25.3. The highest BCUT2D eigenvalue weighted by atomic mass is 31.2. The molecule has 0 aromatic heterocycles. The monoisotopic (exact) mass is 902 g/mol. The van der Waals surface area contributed by atoms with Gasteiger partial charge in [0, 0.05) is 13.0 Å². The van der Waals surface area contributed by atoms with Crippen LogP contribution in [0.1, 0.15) is 194 Å². The minimum Gasteiger partial charge on any atom is -0.756 e. The van der Waals surface area contributed by atoms with Crippen molar-refractivity contribution in [3.63, 3.8) is 0 Å². The highest BCUT2D eigenvalue weighted by Gasteiger charge is 2.20. The third kappa shape index (κ3) is 50.5. The molecule has 2 unspecified atom stereocenters. The molecule has 0 bridgehead atoms. The number of unbranched alkanes of at least 4 members (excludes halogenated alkanes) is 18. The minimum absolute atomic E-state index is 0.0170. The summed E-state index contributed by atoms with van der Waals surface area (Å²) < 4.78 is 34.7. The van der Waals surface area contributed by atoms with Gasteiger partial charge in [0.05, 0.1) is 34.4 Å². The summed E-state index contributed by atoms with van der Waals surface area (Å²) in [6, 6.07) is 0. The lowest BCUT2D eigenvalue weighted by Crippen LogP contribution is -2.37. The van der Waals surface area contributed by atoms with Gasteiger partial charge in [-0.15, -0.1) is 0 Å². The van der Waals surface area contributed by atoms with Crippen molar-refractivity contribution in [2.75, 3.05) is 54.1 Å². The molecule has 2 atom stereocenters. The van der Waals surface area contributed by atoms with Crippen LogP contribution in [0.5, 0.6) is 0 Å². The number of carbonyl (C=O) groups is 1. The molecule has 0 aliphatic rings. The van der Waals surface area contributed by atoms with Crippen molar-refractivity contribution < 1.29 is 37.3 Å². The number of hydrogen-bond donors (Lipinski definition) is 0. The van der Waals surface area contributed by atoms with E-state index in [9.17, 15) is 14.3 Å². The zero-order valence-electron chi connectivity index (χ0n) is 41.2. The number of phosphoric ester groups is 1. The van der Waals surface area contributed by atoms with Crippen molar-refractivity contribution >= 4 is 13.8 Å². The molecule has 0 aromatic carbocycles. The van der Waals surface area contributed by atoms with Crippen LogP contribution < -0.4 is 4.89 Å². The Bertz CT molecular complexity index is 1280. The molecule has 0 radical (unpaired) electrons. The number of nitrogens with zero attached hydrogens (tertiary/aromatic N) is 1. The first-order valence-corrected chi connectivity index (χ1v) is 26.8. The molecule has 0 aliphatic heterocycles. The lowest BCUT2D eigenvalue weighted by atomic mass is 10.1. The highest BCUT2D eigenvalue weighted by molar-refractivity contribution is 7.45. The summed E-state index contributed by atoms with van der Waals surface area (Å²) in [5.74, 6) is -0.356. The number of ether oxygens (including phenoxy) is 2. The van der Waals surface area contributed by atoms with Gasteiger partial charge in [0.15, 0.2) is 0 Å². The number of hydrogen-bond acceptors (Lipinski definition) is 7. The summed E-state index contributed by atoms with van der Waals surface area (Å²) in [5.41, 5.74) is 0. The molecule has 0 spiro atoms. The van der Waals surface area contributed by atoms with Crippen LogP contribution in [0, 0.1) is 0 Å². The Kier molecular flexibility index (Phi) is 44.5. The molecule has 0 heterocycles. The Hall–Kier alpha value is -2.32. The quantitative estimate of drug-likeness (QED) is 0.0197. The lowest BCUT2D eigenvalue weighted by Gasteiger charge is -2.28. The van der Waals surface area contributed by atoms with Gasteiger partial charge in [-0.1, -0.05) is 182 Å². The van der Waals surface area contributed by atoms with E-state index in [-0.39, 0.29) is 32.2 Å². The van der Waals surface area contributed by atoms with Crippen LogP contribution >= 0.6 is 7.82 Å². The predicted octanol–water partition coefficient (Wildman–Crippen LogP) is 15.0. The van der Waals surface area contributed by atoms with E-state index in [1.165, 1.54) is 83.5 Å². The van der Waals surface area contributed by atoms with Gasteiger partial charge in [0.2, 0.25) is 0 Å². The lowest BCUT2D eigenvalue weighted by molar-refractivity contribution is -0.870. The second kappa shape index (κ2) is 46.2. The van der Waals surface area contributed by atoms with Gasteiger partial charge in [-0.05, 0) is 89.9 Å². The van der Waals surface area contributed by atoms with Crippen molar-refractivity contribution in [3.05, 3.63) is 85.1 Å². The van der Waals surface area contributed by atoms with Crippen LogP contribution in [0.4, 0.5) is 0 Å². The first-order chi connectivity index (χ1) is 30.6. The molecular formula is C54H96NO7P. The van der Waals surface area contributed by atoms with E-state index in [0.29, 0.717) is 17.6 Å². The normalized spacial score (nSPS) is 14.3. The summed E-state index contributed by atoms with van der Waals surface area (Å²) in [6.45, 7) is 5.23. The molecule has 0 aliphatic carbocycles. The minimum atomic E-state index is -4.54. The number of likely N-dealkylation sites (N-methyl/N-ethyl adjacent to an activating group) is 1. The molecule has 364 valence electrons. The van der Waals surface area contributed by atoms with E-state index < -0.39 is 13.9 Å². The summed E-state index contributed by atoms with van der Waals surface area (Å²) in [5, 5.41) is 0. The molecule has 0 aromatic rings. The standard InChI is InChI=1S/C54H96NO7P/c1-6-8-10-12-14-16-18-20-22-24-26-28-29-31-33-35-37-39-41-43-45-47-54(56)62-53(52-61-63(57,58)60-50-48-55(3,4)5)51-59-49-46-44-42-40-38-36-34-32-30-27-25-23-21-19-17-15-13-11-9-7-2/h8,10,14-17,20-23,26,28,31,33,53H,6-7,9,11-13,18-19,24-25,27,29-30,32,34-52H2,1-5H3/b10-8-,16-14-,17-15-,22-20-,23-21-,28-26-,33-31-. The van der Waals surface area contributed by atoms with Crippen molar-refractivity contribution in [1.29, 1.82) is 0 Å². The Labute approximate surface area is 388 Å². The molecule has 9 heteroatoms. The van der Waals surface area contributed by atoms with Crippen molar-refractivity contribution in [1.82, 2.24) is 0 Å². The number of esters is 1. The van der Waals surface area contributed by atoms with Crippen LogP contribution in [-0.2, 0) is 27.9 Å². The van der Waals surface area contributed by atoms with E-state index in [2.05, 4.69) is 98.9 Å². The average Bonchev–Trinajstić information content (AvgIpc) is 3.24. The fraction of sp³-hybridized carbons (Fsp3) is 0.722. The predicted molar refractivity (Wildman–Crippen MR) is 268 cm³/mol. The summed E-state index contributed by atoms with van der Waals surface area (Å²) in [6.07, 6.45) is 61.7. The average molecular weight is 902 g/mol. The molecule has 63 heavy (non-hydrogen) atoms. The van der Waals surface area contributed by atoms with Crippen LogP contribution in [0.25, 0.3) is 0 Å².